The highest BCUT2D eigenvalue weighted by molar-refractivity contribution is 6.07. The van der Waals surface area contributed by atoms with Crippen LogP contribution in [0, 0.1) is 0 Å². The number of hydrogen-bond acceptors (Lipinski definition) is 2. The largest absolute Gasteiger partial charge is 0.456 e. The van der Waals surface area contributed by atoms with Crippen LogP contribution in [0.3, 0.4) is 0 Å². The van der Waals surface area contributed by atoms with Gasteiger partial charge in [-0.25, -0.2) is 0 Å². The van der Waals surface area contributed by atoms with Gasteiger partial charge in [0, 0.05) is 33.1 Å². The molecule has 0 saturated heterocycles. The lowest BCUT2D eigenvalue weighted by molar-refractivity contribution is 0.660. The SMILES string of the molecule is CC1(C)c2ccccc2-c2ccc(N(c3ccc(-c4ccc5oc6ccccc6c5c4)cc3)c3ccccc3-c3cccc4c3-c3ccccc3C43c4ccccc4-c4ccccc43)cc21. The molecule has 1 spiro atoms. The number of benzene rings is 10. The lowest BCUT2D eigenvalue weighted by Gasteiger charge is -2.31. The van der Waals surface area contributed by atoms with Crippen LogP contribution >= 0.6 is 0 Å². The van der Waals surface area contributed by atoms with E-state index in [1.165, 1.54) is 77.9 Å². The normalized spacial score (nSPS) is 14.2. The molecule has 66 heavy (non-hydrogen) atoms. The van der Waals surface area contributed by atoms with Crippen LogP contribution in [0.4, 0.5) is 17.1 Å². The van der Waals surface area contributed by atoms with Gasteiger partial charge in [-0.15, -0.1) is 0 Å². The fraction of sp³-hybridized carbons (Fsp3) is 0.0625. The van der Waals surface area contributed by atoms with Gasteiger partial charge in [0.15, 0.2) is 0 Å². The van der Waals surface area contributed by atoms with Gasteiger partial charge in [-0.05, 0) is 132 Å². The van der Waals surface area contributed by atoms with Gasteiger partial charge in [0.1, 0.15) is 11.2 Å². The molecule has 0 unspecified atom stereocenters. The Hall–Kier alpha value is -8.20. The van der Waals surface area contributed by atoms with Gasteiger partial charge >= 0.3 is 0 Å². The van der Waals surface area contributed by atoms with E-state index in [9.17, 15) is 0 Å². The number of furan rings is 1. The van der Waals surface area contributed by atoms with Crippen LogP contribution in [-0.2, 0) is 10.8 Å². The van der Waals surface area contributed by atoms with Crippen LogP contribution in [0.5, 0.6) is 0 Å². The number of fused-ring (bicyclic) bond motifs is 16. The zero-order valence-electron chi connectivity index (χ0n) is 36.7. The number of para-hydroxylation sites is 2. The molecular weight excluding hydrogens is 799 g/mol. The predicted octanol–water partition coefficient (Wildman–Crippen LogP) is 17.0. The molecule has 0 bridgehead atoms. The summed E-state index contributed by atoms with van der Waals surface area (Å²) in [5.41, 5.74) is 25.3. The Morgan fingerprint density at radius 3 is 1.59 bits per heavy atom. The molecule has 14 rings (SSSR count). The zero-order chi connectivity index (χ0) is 43.7. The van der Waals surface area contributed by atoms with Crippen molar-refractivity contribution in [2.24, 2.45) is 0 Å². The Morgan fingerprint density at radius 1 is 0.333 bits per heavy atom. The van der Waals surface area contributed by atoms with E-state index < -0.39 is 5.41 Å². The minimum atomic E-state index is -0.425. The van der Waals surface area contributed by atoms with Crippen molar-refractivity contribution in [2.75, 3.05) is 4.90 Å². The molecule has 0 saturated carbocycles. The fourth-order valence-corrected chi connectivity index (χ4v) is 12.2. The lowest BCUT2D eigenvalue weighted by Crippen LogP contribution is -2.25. The number of nitrogens with zero attached hydrogens (tertiary/aromatic N) is 1. The first-order valence-corrected chi connectivity index (χ1v) is 23.1. The molecule has 1 aromatic heterocycles. The maximum atomic E-state index is 6.21. The average Bonchev–Trinajstić information content (AvgIpc) is 4.06. The quantitative estimate of drug-likeness (QED) is 0.172. The van der Waals surface area contributed by atoms with Crippen molar-refractivity contribution in [1.82, 2.24) is 0 Å². The number of hydrogen-bond donors (Lipinski definition) is 0. The Labute approximate surface area is 384 Å². The second-order valence-electron chi connectivity index (χ2n) is 18.7. The van der Waals surface area contributed by atoms with E-state index in [-0.39, 0.29) is 5.41 Å². The van der Waals surface area contributed by atoms with Crippen molar-refractivity contribution in [1.29, 1.82) is 0 Å². The summed E-state index contributed by atoms with van der Waals surface area (Å²) in [6.07, 6.45) is 0. The monoisotopic (exact) mass is 841 g/mol. The van der Waals surface area contributed by atoms with Crippen molar-refractivity contribution in [3.05, 3.63) is 258 Å². The molecule has 0 N–H and O–H groups in total. The third-order valence-corrected chi connectivity index (χ3v) is 15.1. The highest BCUT2D eigenvalue weighted by atomic mass is 16.3. The summed E-state index contributed by atoms with van der Waals surface area (Å²) in [7, 11) is 0. The highest BCUT2D eigenvalue weighted by Gasteiger charge is 2.52. The standard InChI is InChI=1S/C64H43NO/c1-63(2)53-23-9-3-16-44(53)47-36-35-43(39-58(47)63)65(42-33-30-40(31-34-42)41-32-37-61-52(38-41)49-20-8-14-29-60(49)66-61)59-28-13-7-19-48(59)50-22-15-27-57-62(50)51-21-6-12-26-56(51)64(57)54-24-10-4-17-45(54)46-18-5-11-25-55(46)64/h3-39H,1-2H3. The van der Waals surface area contributed by atoms with Gasteiger partial charge in [0.05, 0.1) is 11.1 Å². The molecule has 10 aromatic carbocycles. The molecule has 3 aliphatic carbocycles. The van der Waals surface area contributed by atoms with Gasteiger partial charge in [-0.3, -0.25) is 0 Å². The first-order valence-electron chi connectivity index (χ1n) is 23.1. The Morgan fingerprint density at radius 2 is 0.848 bits per heavy atom. The molecule has 0 amide bonds. The maximum Gasteiger partial charge on any atom is 0.135 e. The summed E-state index contributed by atoms with van der Waals surface area (Å²) in [5, 5.41) is 2.27. The van der Waals surface area contributed by atoms with Crippen LogP contribution in [0.1, 0.15) is 47.2 Å². The van der Waals surface area contributed by atoms with Crippen molar-refractivity contribution in [3.8, 4) is 55.6 Å². The third kappa shape index (κ3) is 4.96. The van der Waals surface area contributed by atoms with Gasteiger partial charge in [0.25, 0.3) is 0 Å². The Balaban J connectivity index is 0.977. The predicted molar refractivity (Wildman–Crippen MR) is 273 cm³/mol. The first kappa shape index (κ1) is 37.2. The van der Waals surface area contributed by atoms with Gasteiger partial charge in [0.2, 0.25) is 0 Å². The highest BCUT2D eigenvalue weighted by Crippen LogP contribution is 2.64. The number of anilines is 3. The van der Waals surface area contributed by atoms with Crippen LogP contribution in [-0.4, -0.2) is 0 Å². The summed E-state index contributed by atoms with van der Waals surface area (Å²) in [6, 6.07) is 83.3. The molecule has 2 heteroatoms. The zero-order valence-corrected chi connectivity index (χ0v) is 36.7. The lowest BCUT2D eigenvalue weighted by atomic mass is 9.70. The minimum Gasteiger partial charge on any atom is -0.456 e. The van der Waals surface area contributed by atoms with E-state index in [0.717, 1.165) is 50.1 Å². The van der Waals surface area contributed by atoms with E-state index in [2.05, 4.69) is 231 Å². The van der Waals surface area contributed by atoms with E-state index in [4.69, 9.17) is 4.42 Å². The van der Waals surface area contributed by atoms with Crippen LogP contribution in [0.15, 0.2) is 229 Å². The molecule has 1 heterocycles. The fourth-order valence-electron chi connectivity index (χ4n) is 12.2. The Bertz CT molecular complexity index is 3760. The molecule has 0 radical (unpaired) electrons. The molecule has 310 valence electrons. The first-order chi connectivity index (χ1) is 32.5. The summed E-state index contributed by atoms with van der Waals surface area (Å²) in [6.45, 7) is 4.74. The van der Waals surface area contributed by atoms with Crippen molar-refractivity contribution < 1.29 is 4.42 Å². The molecule has 11 aromatic rings. The average molecular weight is 842 g/mol. The van der Waals surface area contributed by atoms with Crippen molar-refractivity contribution in [2.45, 2.75) is 24.7 Å². The topological polar surface area (TPSA) is 16.4 Å². The molecule has 0 fully saturated rings. The van der Waals surface area contributed by atoms with E-state index in [1.807, 2.05) is 12.1 Å². The third-order valence-electron chi connectivity index (χ3n) is 15.1. The molecule has 3 aliphatic rings. The van der Waals surface area contributed by atoms with Gasteiger partial charge in [-0.1, -0.05) is 190 Å². The summed E-state index contributed by atoms with van der Waals surface area (Å²) >= 11 is 0. The van der Waals surface area contributed by atoms with E-state index in [1.54, 1.807) is 0 Å². The second-order valence-corrected chi connectivity index (χ2v) is 18.7. The molecule has 0 aliphatic heterocycles. The smallest absolute Gasteiger partial charge is 0.135 e. The summed E-state index contributed by atoms with van der Waals surface area (Å²) in [5.74, 6) is 0. The Kier molecular flexibility index (Phi) is 7.70. The van der Waals surface area contributed by atoms with E-state index >= 15 is 0 Å². The number of rotatable bonds is 5. The second kappa shape index (κ2) is 13.7. The van der Waals surface area contributed by atoms with Crippen LogP contribution in [0.2, 0.25) is 0 Å². The maximum absolute atomic E-state index is 6.21. The molecule has 2 nitrogen and oxygen atoms in total. The van der Waals surface area contributed by atoms with Crippen molar-refractivity contribution >= 4 is 39.0 Å². The van der Waals surface area contributed by atoms with Crippen LogP contribution < -0.4 is 4.90 Å². The van der Waals surface area contributed by atoms with Gasteiger partial charge in [-0.2, -0.15) is 0 Å². The van der Waals surface area contributed by atoms with Crippen LogP contribution in [0.25, 0.3) is 77.6 Å². The molecular formula is C64H43NO. The molecule has 0 atom stereocenters. The summed E-state index contributed by atoms with van der Waals surface area (Å²) < 4.78 is 6.21. The minimum absolute atomic E-state index is 0.154. The van der Waals surface area contributed by atoms with E-state index in [0.29, 0.717) is 0 Å². The summed E-state index contributed by atoms with van der Waals surface area (Å²) in [4.78, 5) is 2.49. The van der Waals surface area contributed by atoms with Crippen molar-refractivity contribution in [3.63, 3.8) is 0 Å². The van der Waals surface area contributed by atoms with Gasteiger partial charge < -0.3 is 9.32 Å².